The summed E-state index contributed by atoms with van der Waals surface area (Å²) in [5, 5.41) is 64.9. The molecular formula is C60H93B5N10O9S. The molecule has 0 bridgehead atoms. The number of guanidine groups is 1. The molecule has 9 N–H and O–H groups in total. The normalized spacial score (nSPS) is 13.5. The van der Waals surface area contributed by atoms with Gasteiger partial charge in [0.15, 0.2) is 5.96 Å². The molecule has 0 saturated carbocycles. The van der Waals surface area contributed by atoms with Gasteiger partial charge in [-0.05, 0) is 85.2 Å². The van der Waals surface area contributed by atoms with Crippen LogP contribution in [0.25, 0.3) is 0 Å². The van der Waals surface area contributed by atoms with Gasteiger partial charge in [0.1, 0.15) is 0 Å². The smallest absolute Gasteiger partial charge is 0.429 e. The van der Waals surface area contributed by atoms with Crippen molar-refractivity contribution in [3.8, 4) is 0 Å². The summed E-state index contributed by atoms with van der Waals surface area (Å²) < 4.78 is 23.2. The molecule has 0 spiro atoms. The van der Waals surface area contributed by atoms with E-state index in [9.17, 15) is 43.1 Å². The minimum atomic E-state index is -3.53. The van der Waals surface area contributed by atoms with Gasteiger partial charge in [-0.2, -0.15) is 15.3 Å². The van der Waals surface area contributed by atoms with Crippen LogP contribution in [0.4, 0.5) is 5.69 Å². The molecule has 2 amide bonds. The zero-order chi connectivity index (χ0) is 64.7. The summed E-state index contributed by atoms with van der Waals surface area (Å²) in [5.41, 5.74) is 13.4. The van der Waals surface area contributed by atoms with E-state index < -0.39 is 45.3 Å². The summed E-state index contributed by atoms with van der Waals surface area (Å²) >= 11 is 0. The number of hydrogen-bond acceptors (Lipinski definition) is 16. The van der Waals surface area contributed by atoms with E-state index in [1.54, 1.807) is 49.8 Å². The maximum absolute atomic E-state index is 11.3. The summed E-state index contributed by atoms with van der Waals surface area (Å²) in [6, 6.07) is 36.7. The molecule has 0 fully saturated rings. The monoisotopic (exact) mass is 1180 g/mol. The highest BCUT2D eigenvalue weighted by molar-refractivity contribution is 7.89. The SMILES string of the molecule is CC(=O)N1N=Cc2ccccc2B1O.CC(C)C.CC(C)C.CC(C)C.CC(C)C.CC(C)C.CN1N=Cc2ccccc2B1O.CS(=O)(=O)N1N=Cc2ccccc2B1O.NC1=NB(O)c2ccccc2N1.O=C1Cc2ccccc2B(O)N1. The minimum absolute atomic E-state index is 0.124. The zero-order valence-electron chi connectivity index (χ0n) is 53.2. The predicted octanol–water partition coefficient (Wildman–Crippen LogP) is 4.68. The van der Waals surface area contributed by atoms with Crippen molar-refractivity contribution in [2.45, 2.75) is 117 Å². The predicted molar refractivity (Wildman–Crippen MR) is 360 cm³/mol. The first-order chi connectivity index (χ1) is 39.7. The van der Waals surface area contributed by atoms with Gasteiger partial charge in [0.25, 0.3) is 0 Å². The Bertz CT molecular complexity index is 3000. The highest BCUT2D eigenvalue weighted by atomic mass is 32.2. The maximum atomic E-state index is 11.3. The van der Waals surface area contributed by atoms with Crippen LogP contribution >= 0.6 is 0 Å². The van der Waals surface area contributed by atoms with Crippen LogP contribution in [0.3, 0.4) is 0 Å². The Balaban J connectivity index is 0.000000493. The van der Waals surface area contributed by atoms with Crippen molar-refractivity contribution >= 4 is 115 Å². The Morgan fingerprint density at radius 1 is 0.541 bits per heavy atom. The molecule has 19 nitrogen and oxygen atoms in total. The van der Waals surface area contributed by atoms with E-state index in [4.69, 9.17) is 5.73 Å². The van der Waals surface area contributed by atoms with E-state index in [0.29, 0.717) is 21.7 Å². The van der Waals surface area contributed by atoms with Crippen LogP contribution in [0, 0.1) is 29.6 Å². The van der Waals surface area contributed by atoms with Crippen LogP contribution in [-0.4, -0.2) is 133 Å². The van der Waals surface area contributed by atoms with Crippen molar-refractivity contribution in [2.24, 2.45) is 55.5 Å². The topological polar surface area (TPSA) is 279 Å². The third kappa shape index (κ3) is 29.6. The molecule has 5 aliphatic heterocycles. The summed E-state index contributed by atoms with van der Waals surface area (Å²) in [5.74, 6) is 4.02. The van der Waals surface area contributed by atoms with Crippen LogP contribution in [0.1, 0.15) is 133 Å². The second kappa shape index (κ2) is 38.8. The molecule has 0 radical (unpaired) electrons. The first kappa shape index (κ1) is 76.0. The number of benzene rings is 5. The molecule has 5 aromatic rings. The highest BCUT2D eigenvalue weighted by Gasteiger charge is 2.35. The summed E-state index contributed by atoms with van der Waals surface area (Å²) in [6.45, 7) is 33.9. The Morgan fingerprint density at radius 3 is 1.35 bits per heavy atom. The molecule has 5 aliphatic rings. The molecular weight excluding hydrogens is 1090 g/mol. The van der Waals surface area contributed by atoms with E-state index in [1.165, 1.54) is 18.1 Å². The highest BCUT2D eigenvalue weighted by Crippen LogP contribution is 2.11. The van der Waals surface area contributed by atoms with Crippen molar-refractivity contribution in [2.75, 3.05) is 18.6 Å². The molecule has 0 saturated heterocycles. The van der Waals surface area contributed by atoms with Crippen molar-refractivity contribution in [1.29, 1.82) is 0 Å². The lowest BCUT2D eigenvalue weighted by Gasteiger charge is -2.24. The number of carbonyl (C=O) groups is 2. The lowest BCUT2D eigenvalue weighted by Crippen LogP contribution is -2.54. The Labute approximate surface area is 509 Å². The number of anilines is 1. The Hall–Kier alpha value is -7.01. The molecule has 0 aliphatic carbocycles. The summed E-state index contributed by atoms with van der Waals surface area (Å²) in [6.07, 6.45) is 6.11. The zero-order valence-corrected chi connectivity index (χ0v) is 54.1. The molecule has 0 unspecified atom stereocenters. The number of hydrazone groups is 3. The molecule has 458 valence electrons. The van der Waals surface area contributed by atoms with Gasteiger partial charge in [0.2, 0.25) is 21.8 Å². The van der Waals surface area contributed by atoms with Gasteiger partial charge in [0, 0.05) is 19.7 Å². The average Bonchev–Trinajstić information content (AvgIpc) is 3.13. The molecule has 25 heteroatoms. The molecule has 85 heavy (non-hydrogen) atoms. The molecule has 5 heterocycles. The number of carbonyl (C=O) groups excluding carboxylic acids is 2. The number of sulfonamides is 1. The second-order valence-electron chi connectivity index (χ2n) is 23.3. The van der Waals surface area contributed by atoms with Gasteiger partial charge in [-0.25, -0.2) is 17.7 Å². The second-order valence-corrected chi connectivity index (χ2v) is 25.2. The van der Waals surface area contributed by atoms with Crippen molar-refractivity contribution in [1.82, 2.24) is 19.4 Å². The first-order valence-corrected chi connectivity index (χ1v) is 30.4. The van der Waals surface area contributed by atoms with Crippen molar-refractivity contribution in [3.63, 3.8) is 0 Å². The Kier molecular flexibility index (Phi) is 34.7. The summed E-state index contributed by atoms with van der Waals surface area (Å²) in [4.78, 5) is 28.4. The molecule has 10 rings (SSSR count). The van der Waals surface area contributed by atoms with Gasteiger partial charge >= 0.3 is 35.3 Å². The lowest BCUT2D eigenvalue weighted by molar-refractivity contribution is -0.125. The van der Waals surface area contributed by atoms with Gasteiger partial charge in [-0.3, -0.25) is 14.5 Å². The largest absolute Gasteiger partial charge is 0.483 e. The van der Waals surface area contributed by atoms with E-state index in [0.717, 1.165) is 85.1 Å². The number of nitrogens with two attached hydrogens (primary N) is 1. The van der Waals surface area contributed by atoms with Crippen molar-refractivity contribution in [3.05, 3.63) is 144 Å². The van der Waals surface area contributed by atoms with Crippen LogP contribution in [-0.2, 0) is 26.0 Å². The van der Waals surface area contributed by atoms with E-state index in [-0.39, 0.29) is 17.8 Å². The number of para-hydroxylation sites is 1. The van der Waals surface area contributed by atoms with Crippen molar-refractivity contribution < 1.29 is 43.1 Å². The van der Waals surface area contributed by atoms with Crippen LogP contribution in [0.15, 0.2) is 142 Å². The van der Waals surface area contributed by atoms with Crippen LogP contribution in [0.5, 0.6) is 0 Å². The fraction of sp³-hybridized carbons (Fsp3) is 0.400. The lowest BCUT2D eigenvalue weighted by atomic mass is 9.68. The number of hydrogen-bond donors (Lipinski definition) is 8. The fourth-order valence-corrected chi connectivity index (χ4v) is 7.47. The van der Waals surface area contributed by atoms with E-state index in [1.807, 2.05) is 91.0 Å². The average molecular weight is 1180 g/mol. The van der Waals surface area contributed by atoms with Gasteiger partial charge in [-0.15, -0.1) is 0 Å². The quantitative estimate of drug-likeness (QED) is 0.106. The third-order valence-corrected chi connectivity index (χ3v) is 11.0. The van der Waals surface area contributed by atoms with Gasteiger partial charge in [-0.1, -0.05) is 219 Å². The number of nitrogens with one attached hydrogen (secondary N) is 2. The van der Waals surface area contributed by atoms with E-state index in [2.05, 4.69) is 135 Å². The fourth-order valence-electron chi connectivity index (χ4n) is 6.77. The summed E-state index contributed by atoms with van der Waals surface area (Å²) in [7, 11) is -6.25. The van der Waals surface area contributed by atoms with Gasteiger partial charge in [0.05, 0.1) is 31.3 Å². The van der Waals surface area contributed by atoms with Crippen LogP contribution in [0.2, 0.25) is 0 Å². The Morgan fingerprint density at radius 2 is 0.906 bits per heavy atom. The molecule has 0 atom stereocenters. The standard InChI is InChI=1S/C9H9BN2O2.C8H9BN2O3S.C8H9BN2O.C8H8BNO2.C7H8BN3O.5C4H10/c1-7(13)12-10(14)9-5-3-2-4-8(9)6-11-12;1-15(13,14)11-9(12)8-5-3-2-4-7(8)6-10-11;1-11-9(12)8-5-3-2-4-7(8)6-10-11;11-8-5-6-3-1-2-4-7(6)9(12)10-8;9-7-10-6-4-2-1-3-5(6)8(12)11-7;5*1-4(2)3/h2-6,14H,1H3;2-6,12H,1H3;2-6,12H,1H3;1-4,12H,5H2,(H,10,11);1-4,12H,(H3,9,10,11);5*4H,1-3H3. The first-order valence-electron chi connectivity index (χ1n) is 28.6. The number of amides is 2. The van der Waals surface area contributed by atoms with Crippen LogP contribution < -0.4 is 43.6 Å². The number of fused-ring (bicyclic) bond motifs is 5. The maximum Gasteiger partial charge on any atom is 0.483 e. The van der Waals surface area contributed by atoms with E-state index >= 15 is 0 Å². The third-order valence-electron chi connectivity index (χ3n) is 10.1. The molecule has 0 aromatic heterocycles. The minimum Gasteiger partial charge on any atom is -0.429 e. The van der Waals surface area contributed by atoms with Gasteiger partial charge < -0.3 is 46.3 Å². The number of rotatable bonds is 1. The molecule has 5 aromatic carbocycles. The number of nitrogens with zero attached hydrogens (tertiary/aromatic N) is 7.